The Balaban J connectivity index is 1.19. The lowest BCUT2D eigenvalue weighted by Gasteiger charge is -2.29. The Labute approximate surface area is 308 Å². The maximum atomic E-state index is 2.55. The van der Waals surface area contributed by atoms with E-state index < -0.39 is 0 Å². The molecule has 0 aromatic heterocycles. The third-order valence-electron chi connectivity index (χ3n) is 11.6. The number of anilines is 6. The van der Waals surface area contributed by atoms with Crippen LogP contribution in [0.4, 0.5) is 34.1 Å². The first-order valence-electron chi connectivity index (χ1n) is 18.6. The molecule has 0 aliphatic heterocycles. The molecule has 7 aromatic carbocycles. The minimum Gasteiger partial charge on any atom is -0.310 e. The van der Waals surface area contributed by atoms with Gasteiger partial charge in [0.15, 0.2) is 0 Å². The minimum atomic E-state index is -0.164. The van der Waals surface area contributed by atoms with E-state index in [1.54, 1.807) is 0 Å². The maximum Gasteiger partial charge on any atom is 0.0465 e. The zero-order valence-electron chi connectivity index (χ0n) is 30.7. The second kappa shape index (κ2) is 12.1. The van der Waals surface area contributed by atoms with E-state index in [-0.39, 0.29) is 10.8 Å². The highest BCUT2D eigenvalue weighted by Crippen LogP contribution is 2.59. The Morgan fingerprint density at radius 2 is 0.788 bits per heavy atom. The molecule has 0 amide bonds. The van der Waals surface area contributed by atoms with Crippen molar-refractivity contribution in [2.75, 3.05) is 9.80 Å². The fourth-order valence-corrected chi connectivity index (χ4v) is 9.13. The number of nitrogens with zero attached hydrogens (tertiary/aromatic N) is 2. The molecule has 0 heterocycles. The molecule has 0 N–H and O–H groups in total. The summed E-state index contributed by atoms with van der Waals surface area (Å²) in [4.78, 5) is 4.76. The van der Waals surface area contributed by atoms with Crippen LogP contribution in [0.15, 0.2) is 164 Å². The predicted molar refractivity (Wildman–Crippen MR) is 220 cm³/mol. The third kappa shape index (κ3) is 4.85. The summed E-state index contributed by atoms with van der Waals surface area (Å²) in [5, 5.41) is 0. The summed E-state index contributed by atoms with van der Waals surface area (Å²) in [6.07, 6.45) is 0.980. The van der Waals surface area contributed by atoms with Gasteiger partial charge < -0.3 is 9.80 Å². The molecule has 2 aliphatic carbocycles. The lowest BCUT2D eigenvalue weighted by atomic mass is 9.76. The molecule has 0 radical (unpaired) electrons. The molecule has 0 unspecified atom stereocenters. The molecule has 2 aliphatic rings. The van der Waals surface area contributed by atoms with Crippen LogP contribution in [-0.4, -0.2) is 0 Å². The Bertz CT molecular complexity index is 2350. The quantitative estimate of drug-likeness (QED) is 0.166. The van der Waals surface area contributed by atoms with Gasteiger partial charge in [0.1, 0.15) is 0 Å². The van der Waals surface area contributed by atoms with Crippen molar-refractivity contribution < 1.29 is 0 Å². The topological polar surface area (TPSA) is 6.48 Å². The molecule has 0 saturated carbocycles. The van der Waals surface area contributed by atoms with Crippen LogP contribution in [0.1, 0.15) is 62.4 Å². The van der Waals surface area contributed by atoms with E-state index in [0.717, 1.165) is 29.2 Å². The van der Waals surface area contributed by atoms with Crippen LogP contribution < -0.4 is 9.80 Å². The summed E-state index contributed by atoms with van der Waals surface area (Å²) in [7, 11) is 0. The van der Waals surface area contributed by atoms with Crippen molar-refractivity contribution in [3.8, 4) is 22.3 Å². The van der Waals surface area contributed by atoms with Gasteiger partial charge in [0.25, 0.3) is 0 Å². The van der Waals surface area contributed by atoms with Crippen molar-refractivity contribution in [3.05, 3.63) is 192 Å². The first-order chi connectivity index (χ1) is 25.3. The Morgan fingerprint density at radius 1 is 0.385 bits per heavy atom. The van der Waals surface area contributed by atoms with Crippen LogP contribution >= 0.6 is 0 Å². The van der Waals surface area contributed by atoms with Crippen molar-refractivity contribution in [2.45, 2.75) is 51.9 Å². The number of hydrogen-bond donors (Lipinski definition) is 0. The molecule has 0 fully saturated rings. The normalized spacial score (nSPS) is 14.2. The lowest BCUT2D eigenvalue weighted by Crippen LogP contribution is -2.20. The van der Waals surface area contributed by atoms with Gasteiger partial charge in [0.2, 0.25) is 0 Å². The number of rotatable bonds is 7. The molecule has 254 valence electrons. The van der Waals surface area contributed by atoms with E-state index in [9.17, 15) is 0 Å². The number of para-hydroxylation sites is 4. The molecular formula is C50H44N2. The van der Waals surface area contributed by atoms with Gasteiger partial charge in [-0.2, -0.15) is 0 Å². The zero-order valence-corrected chi connectivity index (χ0v) is 30.7. The van der Waals surface area contributed by atoms with E-state index in [4.69, 9.17) is 0 Å². The minimum absolute atomic E-state index is 0.162. The highest BCUT2D eigenvalue weighted by atomic mass is 15.1. The molecule has 0 bridgehead atoms. The van der Waals surface area contributed by atoms with Gasteiger partial charge >= 0.3 is 0 Å². The standard InChI is InChI=1S/C50H44N2/c1-6-40-47-42-30-28-39(52(36-23-15-9-16-24-36)37-25-17-10-18-26-37)32-45(42)49(2,3)46(47)33-43-41-29-27-38(31-44(41)50(4,5)48(40)43)51(34-19-11-7-12-20-34)35-21-13-8-14-22-35/h7-33H,6H2,1-5H3. The van der Waals surface area contributed by atoms with Gasteiger partial charge in [-0.15, -0.1) is 0 Å². The Kier molecular flexibility index (Phi) is 7.48. The second-order valence-electron chi connectivity index (χ2n) is 15.3. The Morgan fingerprint density at radius 3 is 1.21 bits per heavy atom. The summed E-state index contributed by atoms with van der Waals surface area (Å²) in [5.74, 6) is 0. The van der Waals surface area contributed by atoms with Crippen molar-refractivity contribution in [3.63, 3.8) is 0 Å². The number of hydrogen-bond acceptors (Lipinski definition) is 2. The van der Waals surface area contributed by atoms with E-state index in [1.807, 2.05) is 0 Å². The largest absolute Gasteiger partial charge is 0.310 e. The van der Waals surface area contributed by atoms with Crippen LogP contribution in [0.3, 0.4) is 0 Å². The fraction of sp³-hybridized carbons (Fsp3) is 0.160. The monoisotopic (exact) mass is 672 g/mol. The van der Waals surface area contributed by atoms with E-state index in [0.29, 0.717) is 0 Å². The van der Waals surface area contributed by atoms with Crippen LogP contribution in [0.5, 0.6) is 0 Å². The van der Waals surface area contributed by atoms with E-state index in [2.05, 4.69) is 208 Å². The number of fused-ring (bicyclic) bond motifs is 6. The molecule has 0 saturated heterocycles. The van der Waals surface area contributed by atoms with Crippen molar-refractivity contribution in [1.82, 2.24) is 0 Å². The fourth-order valence-electron chi connectivity index (χ4n) is 9.13. The molecule has 0 spiro atoms. The summed E-state index contributed by atoms with van der Waals surface area (Å²) in [6, 6.07) is 59.8. The second-order valence-corrected chi connectivity index (χ2v) is 15.3. The first kappa shape index (κ1) is 32.1. The van der Waals surface area contributed by atoms with Crippen LogP contribution in [0.25, 0.3) is 22.3 Å². The molecule has 9 rings (SSSR count). The average Bonchev–Trinajstić information content (AvgIpc) is 3.55. The summed E-state index contributed by atoms with van der Waals surface area (Å²) < 4.78 is 0. The Hall–Kier alpha value is -5.86. The van der Waals surface area contributed by atoms with Crippen molar-refractivity contribution in [2.24, 2.45) is 0 Å². The van der Waals surface area contributed by atoms with Gasteiger partial charge in [0, 0.05) is 45.0 Å². The van der Waals surface area contributed by atoms with Gasteiger partial charge in [-0.1, -0.05) is 120 Å². The molecule has 52 heavy (non-hydrogen) atoms. The maximum absolute atomic E-state index is 2.55. The van der Waals surface area contributed by atoms with Crippen LogP contribution in [-0.2, 0) is 17.3 Å². The number of benzene rings is 7. The lowest BCUT2D eigenvalue weighted by molar-refractivity contribution is 0.645. The SMILES string of the molecule is CCc1c2c(cc3c1C(C)(C)c1cc(N(c4ccccc4)c4ccccc4)ccc1-3)C(C)(C)c1cc(N(c3ccccc3)c3ccccc3)ccc1-2. The van der Waals surface area contributed by atoms with Gasteiger partial charge in [0.05, 0.1) is 0 Å². The van der Waals surface area contributed by atoms with Gasteiger partial charge in [-0.25, -0.2) is 0 Å². The summed E-state index contributed by atoms with van der Waals surface area (Å²) >= 11 is 0. The van der Waals surface area contributed by atoms with Crippen molar-refractivity contribution in [1.29, 1.82) is 0 Å². The molecule has 7 aromatic rings. The smallest absolute Gasteiger partial charge is 0.0465 e. The predicted octanol–water partition coefficient (Wildman–Crippen LogP) is 13.8. The van der Waals surface area contributed by atoms with Crippen molar-refractivity contribution >= 4 is 34.1 Å². The summed E-state index contributed by atoms with van der Waals surface area (Å²) in [5.41, 5.74) is 19.4. The molecule has 0 atom stereocenters. The van der Waals surface area contributed by atoms with E-state index >= 15 is 0 Å². The zero-order chi connectivity index (χ0) is 35.6. The molecule has 2 heteroatoms. The van der Waals surface area contributed by atoms with Crippen LogP contribution in [0, 0.1) is 0 Å². The summed E-state index contributed by atoms with van der Waals surface area (Å²) in [6.45, 7) is 12.1. The van der Waals surface area contributed by atoms with Gasteiger partial charge in [-0.05, 0) is 135 Å². The van der Waals surface area contributed by atoms with Gasteiger partial charge in [-0.3, -0.25) is 0 Å². The highest BCUT2D eigenvalue weighted by molar-refractivity contribution is 5.94. The third-order valence-corrected chi connectivity index (χ3v) is 11.6. The highest BCUT2D eigenvalue weighted by Gasteiger charge is 2.44. The molecule has 2 nitrogen and oxygen atoms in total. The first-order valence-corrected chi connectivity index (χ1v) is 18.6. The van der Waals surface area contributed by atoms with E-state index in [1.165, 1.54) is 61.4 Å². The average molecular weight is 673 g/mol. The molecular weight excluding hydrogens is 629 g/mol. The van der Waals surface area contributed by atoms with Crippen LogP contribution in [0.2, 0.25) is 0 Å².